The molecule has 0 aliphatic rings. The molecule has 0 radical (unpaired) electrons. The number of nitrogens with one attached hydrogen (secondary N) is 2. The zero-order valence-corrected chi connectivity index (χ0v) is 17.8. The van der Waals surface area contributed by atoms with Crippen LogP contribution >= 0.6 is 0 Å². The summed E-state index contributed by atoms with van der Waals surface area (Å²) in [5, 5.41) is 5.39. The van der Waals surface area contributed by atoms with E-state index >= 15 is 0 Å². The number of benzene rings is 2. The number of esters is 1. The smallest absolute Gasteiger partial charge is 0.407 e. The minimum absolute atomic E-state index is 0.201. The molecule has 0 heterocycles. The molecule has 2 amide bonds. The first kappa shape index (κ1) is 23.7. The van der Waals surface area contributed by atoms with Gasteiger partial charge in [-0.1, -0.05) is 30.3 Å². The van der Waals surface area contributed by atoms with Gasteiger partial charge in [0.1, 0.15) is 12.4 Å². The fraction of sp³-hybridized carbons (Fsp3) is 0.348. The van der Waals surface area contributed by atoms with Crippen LogP contribution in [0.1, 0.15) is 31.7 Å². The number of amides is 2. The van der Waals surface area contributed by atoms with E-state index in [4.69, 9.17) is 14.2 Å². The SMILES string of the molecule is COc1ccc(NC(=O)C(CCCCNC(=O)OCc2ccccc2)OC(C)=O)cc1. The first-order valence-electron chi connectivity index (χ1n) is 10.0. The second-order valence-electron chi connectivity index (χ2n) is 6.80. The molecule has 0 aliphatic heterocycles. The Balaban J connectivity index is 1.70. The van der Waals surface area contributed by atoms with Crippen molar-refractivity contribution in [2.45, 2.75) is 38.9 Å². The number of ether oxygens (including phenoxy) is 3. The number of carbonyl (C=O) groups excluding carboxylic acids is 3. The number of hydrogen-bond acceptors (Lipinski definition) is 6. The topological polar surface area (TPSA) is 103 Å². The number of hydrogen-bond donors (Lipinski definition) is 2. The lowest BCUT2D eigenvalue weighted by Crippen LogP contribution is -2.32. The molecule has 166 valence electrons. The van der Waals surface area contributed by atoms with E-state index in [2.05, 4.69) is 10.6 Å². The van der Waals surface area contributed by atoms with Gasteiger partial charge in [0, 0.05) is 19.2 Å². The number of methoxy groups -OCH3 is 1. The lowest BCUT2D eigenvalue weighted by Gasteiger charge is -2.17. The molecule has 2 rings (SSSR count). The molecule has 8 nitrogen and oxygen atoms in total. The van der Waals surface area contributed by atoms with Gasteiger partial charge in [-0.25, -0.2) is 4.79 Å². The van der Waals surface area contributed by atoms with Crippen molar-refractivity contribution in [2.24, 2.45) is 0 Å². The predicted octanol–water partition coefficient (Wildman–Crippen LogP) is 3.66. The van der Waals surface area contributed by atoms with E-state index in [0.29, 0.717) is 37.2 Å². The van der Waals surface area contributed by atoms with Gasteiger partial charge >= 0.3 is 12.1 Å². The van der Waals surface area contributed by atoms with Crippen molar-refractivity contribution in [3.8, 4) is 5.75 Å². The Labute approximate surface area is 181 Å². The Morgan fingerprint density at radius 1 is 0.968 bits per heavy atom. The van der Waals surface area contributed by atoms with Gasteiger partial charge in [-0.15, -0.1) is 0 Å². The van der Waals surface area contributed by atoms with Crippen LogP contribution in [0.3, 0.4) is 0 Å². The fourth-order valence-electron chi connectivity index (χ4n) is 2.76. The van der Waals surface area contributed by atoms with Crippen molar-refractivity contribution in [3.05, 3.63) is 60.2 Å². The molecular weight excluding hydrogens is 400 g/mol. The minimum atomic E-state index is -0.912. The van der Waals surface area contributed by atoms with Crippen LogP contribution < -0.4 is 15.4 Å². The average molecular weight is 428 g/mol. The second-order valence-corrected chi connectivity index (χ2v) is 6.80. The Kier molecular flexibility index (Phi) is 9.87. The van der Waals surface area contributed by atoms with Crippen LogP contribution in [-0.2, 0) is 25.7 Å². The molecular formula is C23H28N2O6. The highest BCUT2D eigenvalue weighted by Crippen LogP contribution is 2.16. The summed E-state index contributed by atoms with van der Waals surface area (Å²) < 4.78 is 15.4. The summed E-state index contributed by atoms with van der Waals surface area (Å²) in [4.78, 5) is 35.6. The molecule has 0 spiro atoms. The summed E-state index contributed by atoms with van der Waals surface area (Å²) in [5.74, 6) is -0.266. The molecule has 8 heteroatoms. The summed E-state index contributed by atoms with van der Waals surface area (Å²) >= 11 is 0. The zero-order valence-electron chi connectivity index (χ0n) is 17.8. The quantitative estimate of drug-likeness (QED) is 0.418. The number of carbonyl (C=O) groups is 3. The summed E-state index contributed by atoms with van der Waals surface area (Å²) in [7, 11) is 1.56. The summed E-state index contributed by atoms with van der Waals surface area (Å²) in [6.07, 6.45) is 0.103. The maximum absolute atomic E-state index is 12.5. The first-order valence-corrected chi connectivity index (χ1v) is 10.0. The van der Waals surface area contributed by atoms with Gasteiger partial charge in [-0.2, -0.15) is 0 Å². The fourth-order valence-corrected chi connectivity index (χ4v) is 2.76. The number of rotatable bonds is 11. The monoisotopic (exact) mass is 428 g/mol. The largest absolute Gasteiger partial charge is 0.497 e. The van der Waals surface area contributed by atoms with Gasteiger partial charge < -0.3 is 24.8 Å². The number of unbranched alkanes of at least 4 members (excludes halogenated alkanes) is 1. The summed E-state index contributed by atoms with van der Waals surface area (Å²) in [5.41, 5.74) is 1.48. The molecule has 0 fully saturated rings. The van der Waals surface area contributed by atoms with E-state index in [0.717, 1.165) is 5.56 Å². The van der Waals surface area contributed by atoms with Crippen molar-refractivity contribution in [2.75, 3.05) is 19.0 Å². The molecule has 2 aromatic carbocycles. The van der Waals surface area contributed by atoms with Gasteiger partial charge in [-0.05, 0) is 49.1 Å². The lowest BCUT2D eigenvalue weighted by molar-refractivity contribution is -0.152. The summed E-state index contributed by atoms with van der Waals surface area (Å²) in [6, 6.07) is 16.2. The van der Waals surface area contributed by atoms with Gasteiger partial charge in [0.2, 0.25) is 0 Å². The van der Waals surface area contributed by atoms with E-state index in [1.165, 1.54) is 6.92 Å². The van der Waals surface area contributed by atoms with Crippen molar-refractivity contribution in [1.82, 2.24) is 5.32 Å². The van der Waals surface area contributed by atoms with E-state index in [1.54, 1.807) is 31.4 Å². The van der Waals surface area contributed by atoms with Crippen LogP contribution in [0.5, 0.6) is 5.75 Å². The maximum Gasteiger partial charge on any atom is 0.407 e. The molecule has 0 aliphatic carbocycles. The Bertz CT molecular complexity index is 839. The normalized spacial score (nSPS) is 11.2. The van der Waals surface area contributed by atoms with Gasteiger partial charge in [0.25, 0.3) is 5.91 Å². The molecule has 2 N–H and O–H groups in total. The highest BCUT2D eigenvalue weighted by atomic mass is 16.6. The molecule has 0 aromatic heterocycles. The van der Waals surface area contributed by atoms with E-state index in [1.807, 2.05) is 30.3 Å². The highest BCUT2D eigenvalue weighted by Gasteiger charge is 2.21. The van der Waals surface area contributed by atoms with Crippen LogP contribution in [0.4, 0.5) is 10.5 Å². The number of anilines is 1. The van der Waals surface area contributed by atoms with Crippen LogP contribution in [0, 0.1) is 0 Å². The third-order valence-electron chi connectivity index (χ3n) is 4.33. The highest BCUT2D eigenvalue weighted by molar-refractivity contribution is 5.95. The average Bonchev–Trinajstić information content (AvgIpc) is 2.77. The van der Waals surface area contributed by atoms with Crippen LogP contribution in [0.15, 0.2) is 54.6 Å². The third kappa shape index (κ3) is 9.20. The van der Waals surface area contributed by atoms with Crippen molar-refractivity contribution >= 4 is 23.7 Å². The molecule has 0 saturated heterocycles. The Morgan fingerprint density at radius 3 is 2.32 bits per heavy atom. The summed E-state index contributed by atoms with van der Waals surface area (Å²) in [6.45, 7) is 1.85. The van der Waals surface area contributed by atoms with Crippen LogP contribution in [0.2, 0.25) is 0 Å². The van der Waals surface area contributed by atoms with Gasteiger partial charge in [0.05, 0.1) is 7.11 Å². The minimum Gasteiger partial charge on any atom is -0.497 e. The first-order chi connectivity index (χ1) is 15.0. The molecule has 0 bridgehead atoms. The van der Waals surface area contributed by atoms with Crippen molar-refractivity contribution in [1.29, 1.82) is 0 Å². The van der Waals surface area contributed by atoms with Crippen LogP contribution in [-0.4, -0.2) is 37.7 Å². The van der Waals surface area contributed by atoms with E-state index in [-0.39, 0.29) is 6.61 Å². The van der Waals surface area contributed by atoms with Gasteiger partial charge in [-0.3, -0.25) is 9.59 Å². The Morgan fingerprint density at radius 2 is 1.68 bits per heavy atom. The second kappa shape index (κ2) is 12.9. The molecule has 31 heavy (non-hydrogen) atoms. The Hall–Kier alpha value is -3.55. The zero-order chi connectivity index (χ0) is 22.5. The molecule has 1 unspecified atom stereocenters. The number of alkyl carbamates (subject to hydrolysis) is 1. The standard InChI is InChI=1S/C23H28N2O6/c1-17(26)31-21(22(27)25-19-11-13-20(29-2)14-12-19)10-6-7-15-24-23(28)30-16-18-8-4-3-5-9-18/h3-5,8-9,11-14,21H,6-7,10,15-16H2,1-2H3,(H,24,28)(H,25,27). The van der Waals surface area contributed by atoms with Gasteiger partial charge in [0.15, 0.2) is 6.10 Å². The molecule has 0 saturated carbocycles. The third-order valence-corrected chi connectivity index (χ3v) is 4.33. The maximum atomic E-state index is 12.5. The molecule has 2 aromatic rings. The van der Waals surface area contributed by atoms with Crippen LogP contribution in [0.25, 0.3) is 0 Å². The van der Waals surface area contributed by atoms with Crippen molar-refractivity contribution in [3.63, 3.8) is 0 Å². The molecule has 1 atom stereocenters. The lowest BCUT2D eigenvalue weighted by atomic mass is 10.1. The predicted molar refractivity (Wildman–Crippen MR) is 116 cm³/mol. The van der Waals surface area contributed by atoms with Crippen molar-refractivity contribution < 1.29 is 28.6 Å². The van der Waals surface area contributed by atoms with E-state index < -0.39 is 24.1 Å². The van der Waals surface area contributed by atoms with E-state index in [9.17, 15) is 14.4 Å².